The van der Waals surface area contributed by atoms with Crippen LogP contribution in [0.5, 0.6) is 0 Å². The Balaban J connectivity index is 0.00000205. The van der Waals surface area contributed by atoms with Gasteiger partial charge in [0, 0.05) is 16.3 Å². The van der Waals surface area contributed by atoms with Crippen LogP contribution >= 0.6 is 23.7 Å². The monoisotopic (exact) mass is 426 g/mol. The first kappa shape index (κ1) is 20.4. The average Bonchev–Trinajstić information content (AvgIpc) is 3.16. The van der Waals surface area contributed by atoms with Gasteiger partial charge in [0.25, 0.3) is 5.91 Å². The Labute approximate surface area is 182 Å². The number of carbonyl (C=O) groups excluding carboxylic acids is 1. The number of fused-ring (bicyclic) bond motifs is 4. The van der Waals surface area contributed by atoms with Gasteiger partial charge in [-0.05, 0) is 68.3 Å². The number of nitrogens with zero attached hydrogens (tertiary/aromatic N) is 1. The van der Waals surface area contributed by atoms with E-state index in [4.69, 9.17) is 0 Å². The number of nitrogens with one attached hydrogen (secondary N) is 1. The van der Waals surface area contributed by atoms with E-state index < -0.39 is 0 Å². The first-order chi connectivity index (χ1) is 13.5. The first-order valence-electron chi connectivity index (χ1n) is 10.2. The van der Waals surface area contributed by atoms with Gasteiger partial charge in [-0.3, -0.25) is 9.69 Å². The lowest BCUT2D eigenvalue weighted by atomic mass is 9.72. The predicted octanol–water partition coefficient (Wildman–Crippen LogP) is 5.59. The molecule has 152 valence electrons. The highest BCUT2D eigenvalue weighted by Crippen LogP contribution is 2.40. The van der Waals surface area contributed by atoms with Crippen LogP contribution < -0.4 is 5.32 Å². The zero-order valence-electron chi connectivity index (χ0n) is 16.9. The Morgan fingerprint density at radius 3 is 2.48 bits per heavy atom. The summed E-state index contributed by atoms with van der Waals surface area (Å²) in [5.74, 6) is 0.672. The van der Waals surface area contributed by atoms with Gasteiger partial charge in [-0.25, -0.2) is 0 Å². The Hall–Kier alpha value is -1.88. The molecule has 0 aliphatic carbocycles. The molecule has 3 aromatic rings. The van der Waals surface area contributed by atoms with Gasteiger partial charge in [-0.1, -0.05) is 48.5 Å². The van der Waals surface area contributed by atoms with Crippen LogP contribution in [-0.4, -0.2) is 35.5 Å². The van der Waals surface area contributed by atoms with Crippen molar-refractivity contribution in [1.29, 1.82) is 0 Å². The van der Waals surface area contributed by atoms with E-state index in [0.29, 0.717) is 5.92 Å². The normalized spacial score (nSPS) is 24.8. The van der Waals surface area contributed by atoms with E-state index in [1.54, 1.807) is 11.3 Å². The highest BCUT2D eigenvalue weighted by Gasteiger charge is 2.48. The molecule has 0 saturated carbocycles. The molecule has 29 heavy (non-hydrogen) atoms. The Morgan fingerprint density at radius 2 is 1.79 bits per heavy atom. The molecule has 3 nitrogen and oxygen atoms in total. The number of hydrogen-bond acceptors (Lipinski definition) is 3. The fourth-order valence-electron chi connectivity index (χ4n) is 5.11. The van der Waals surface area contributed by atoms with Gasteiger partial charge in [-0.15, -0.1) is 23.7 Å². The second-order valence-electron chi connectivity index (χ2n) is 8.63. The molecule has 1 unspecified atom stereocenters. The fraction of sp³-hybridized carbons (Fsp3) is 0.375. The van der Waals surface area contributed by atoms with Crippen LogP contribution in [0.4, 0.5) is 0 Å². The smallest absolute Gasteiger partial charge is 0.261 e. The first-order valence-corrected chi connectivity index (χ1v) is 11.0. The summed E-state index contributed by atoms with van der Waals surface area (Å²) in [5, 5.41) is 4.55. The summed E-state index contributed by atoms with van der Waals surface area (Å²) in [6, 6.07) is 19.0. The Morgan fingerprint density at radius 1 is 1.07 bits per heavy atom. The molecular weight excluding hydrogens is 400 g/mol. The van der Waals surface area contributed by atoms with Gasteiger partial charge in [0.15, 0.2) is 0 Å². The minimum Gasteiger partial charge on any atom is -0.346 e. The molecule has 6 rings (SSSR count). The van der Waals surface area contributed by atoms with Crippen molar-refractivity contribution in [3.8, 4) is 11.1 Å². The third-order valence-electron chi connectivity index (χ3n) is 6.73. The van der Waals surface area contributed by atoms with Gasteiger partial charge in [0.2, 0.25) is 0 Å². The predicted molar refractivity (Wildman–Crippen MR) is 124 cm³/mol. The molecule has 1 N–H and O–H groups in total. The summed E-state index contributed by atoms with van der Waals surface area (Å²) < 4.78 is 1.19. The number of rotatable bonds is 3. The maximum atomic E-state index is 13.2. The fourth-order valence-corrected chi connectivity index (χ4v) is 6.21. The van der Waals surface area contributed by atoms with Crippen molar-refractivity contribution in [2.24, 2.45) is 5.92 Å². The van der Waals surface area contributed by atoms with Crippen LogP contribution in [0.3, 0.4) is 0 Å². The second kappa shape index (κ2) is 7.75. The molecule has 3 aliphatic rings. The molecule has 5 heteroatoms. The lowest BCUT2D eigenvalue weighted by Crippen LogP contribution is -2.69. The lowest BCUT2D eigenvalue weighted by molar-refractivity contribution is -0.0377. The van der Waals surface area contributed by atoms with E-state index in [1.807, 2.05) is 6.07 Å². The number of thiophene rings is 1. The van der Waals surface area contributed by atoms with Gasteiger partial charge >= 0.3 is 0 Å². The summed E-state index contributed by atoms with van der Waals surface area (Å²) in [5.41, 5.74) is 2.42. The Kier molecular flexibility index (Phi) is 5.45. The molecule has 1 amide bonds. The van der Waals surface area contributed by atoms with Crippen LogP contribution in [0.2, 0.25) is 0 Å². The number of carbonyl (C=O) groups is 1. The molecule has 2 bridgehead atoms. The van der Waals surface area contributed by atoms with E-state index in [-0.39, 0.29) is 29.9 Å². The lowest BCUT2D eigenvalue weighted by Gasteiger charge is -2.56. The van der Waals surface area contributed by atoms with Crippen LogP contribution in [0.25, 0.3) is 21.2 Å². The van der Waals surface area contributed by atoms with E-state index in [1.165, 1.54) is 28.7 Å². The summed E-state index contributed by atoms with van der Waals surface area (Å²) in [6.07, 6.45) is 2.39. The summed E-state index contributed by atoms with van der Waals surface area (Å²) in [4.78, 5) is 16.5. The molecule has 1 atom stereocenters. The number of amides is 1. The minimum atomic E-state index is 0. The molecule has 3 fully saturated rings. The third kappa shape index (κ3) is 3.48. The van der Waals surface area contributed by atoms with E-state index >= 15 is 0 Å². The molecule has 3 saturated heterocycles. The van der Waals surface area contributed by atoms with Gasteiger partial charge in [-0.2, -0.15) is 0 Å². The number of benzene rings is 2. The maximum absolute atomic E-state index is 13.2. The van der Waals surface area contributed by atoms with Crippen molar-refractivity contribution in [3.05, 3.63) is 59.5 Å². The second-order valence-corrected chi connectivity index (χ2v) is 9.68. The number of halogens is 1. The highest BCUT2D eigenvalue weighted by atomic mass is 35.5. The maximum Gasteiger partial charge on any atom is 0.261 e. The van der Waals surface area contributed by atoms with Crippen molar-refractivity contribution >= 4 is 39.7 Å². The SMILES string of the molecule is CC1(C)C(NC(=O)c2cc3cccc(-c4ccccc4)c3s2)C2CCN1CC2.Cl. The average molecular weight is 427 g/mol. The molecule has 0 radical (unpaired) electrons. The van der Waals surface area contributed by atoms with Crippen molar-refractivity contribution in [1.82, 2.24) is 10.2 Å². The number of piperidine rings is 3. The van der Waals surface area contributed by atoms with Crippen molar-refractivity contribution in [2.45, 2.75) is 38.3 Å². The highest BCUT2D eigenvalue weighted by molar-refractivity contribution is 7.21. The number of hydrogen-bond donors (Lipinski definition) is 1. The summed E-state index contributed by atoms with van der Waals surface area (Å²) in [6.45, 7) is 6.88. The van der Waals surface area contributed by atoms with E-state index in [2.05, 4.69) is 72.6 Å². The van der Waals surface area contributed by atoms with E-state index in [0.717, 1.165) is 23.4 Å². The topological polar surface area (TPSA) is 32.3 Å². The molecule has 3 aliphatic heterocycles. The van der Waals surface area contributed by atoms with Crippen molar-refractivity contribution in [2.75, 3.05) is 13.1 Å². The zero-order valence-corrected chi connectivity index (χ0v) is 18.5. The largest absolute Gasteiger partial charge is 0.346 e. The zero-order chi connectivity index (χ0) is 19.3. The van der Waals surface area contributed by atoms with Crippen LogP contribution in [0, 0.1) is 5.92 Å². The van der Waals surface area contributed by atoms with Crippen molar-refractivity contribution in [3.63, 3.8) is 0 Å². The van der Waals surface area contributed by atoms with Gasteiger partial charge in [0.05, 0.1) is 4.88 Å². The summed E-state index contributed by atoms with van der Waals surface area (Å²) in [7, 11) is 0. The molecular formula is C24H27ClN2OS. The van der Waals surface area contributed by atoms with Crippen LogP contribution in [0.1, 0.15) is 36.4 Å². The quantitative estimate of drug-likeness (QED) is 0.591. The van der Waals surface area contributed by atoms with Crippen LogP contribution in [-0.2, 0) is 0 Å². The Bertz CT molecular complexity index is 1020. The molecule has 1 aromatic heterocycles. The van der Waals surface area contributed by atoms with Crippen molar-refractivity contribution < 1.29 is 4.79 Å². The standard InChI is InChI=1S/C24H26N2OS.ClH/c1-24(2)22(17-11-13-26(24)14-12-17)25-23(27)20-15-18-9-6-10-19(21(18)28-20)16-7-4-3-5-8-16;/h3-10,15,17,22H,11-14H2,1-2H3,(H,25,27);1H. The van der Waals surface area contributed by atoms with Gasteiger partial charge in [0.1, 0.15) is 0 Å². The van der Waals surface area contributed by atoms with Crippen LogP contribution in [0.15, 0.2) is 54.6 Å². The summed E-state index contributed by atoms with van der Waals surface area (Å²) >= 11 is 1.61. The molecule has 0 spiro atoms. The van der Waals surface area contributed by atoms with Gasteiger partial charge < -0.3 is 5.32 Å². The molecule has 2 aromatic carbocycles. The molecule has 4 heterocycles. The minimum absolute atomic E-state index is 0. The third-order valence-corrected chi connectivity index (χ3v) is 7.91. The van der Waals surface area contributed by atoms with E-state index in [9.17, 15) is 4.79 Å².